The van der Waals surface area contributed by atoms with Gasteiger partial charge in [0.1, 0.15) is 0 Å². The molecule has 0 aromatic rings. The van der Waals surface area contributed by atoms with E-state index in [0.29, 0.717) is 0 Å². The van der Waals surface area contributed by atoms with Crippen molar-refractivity contribution in [1.29, 1.82) is 5.26 Å². The maximum atomic E-state index is 8.04. The Bertz CT molecular complexity index is 99.6. The second-order valence-corrected chi connectivity index (χ2v) is 2.27. The van der Waals surface area contributed by atoms with Gasteiger partial charge in [0.05, 0.1) is 0 Å². The summed E-state index contributed by atoms with van der Waals surface area (Å²) in [4.78, 5) is 0. The summed E-state index contributed by atoms with van der Waals surface area (Å²) in [5, 5.41) is 10.7. The number of rotatable bonds is 3. The van der Waals surface area contributed by atoms with Crippen LogP contribution in [0, 0.1) is 17.4 Å². The monoisotopic (exact) mass is 110 g/mol. The van der Waals surface area contributed by atoms with Crippen molar-refractivity contribution in [2.24, 2.45) is 5.92 Å². The molecule has 0 aromatic carbocycles. The van der Waals surface area contributed by atoms with Crippen LogP contribution in [0.2, 0.25) is 0 Å². The fraction of sp³-hybridized carbons (Fsp3) is 0.833. The van der Waals surface area contributed by atoms with E-state index in [4.69, 9.17) is 5.26 Å². The summed E-state index contributed by atoms with van der Waals surface area (Å²) in [6.07, 6.45) is 5.85. The van der Waals surface area contributed by atoms with E-state index in [-0.39, 0.29) is 0 Å². The summed E-state index contributed by atoms with van der Waals surface area (Å²) in [6, 6.07) is 0. The van der Waals surface area contributed by atoms with E-state index in [0.717, 1.165) is 12.5 Å². The van der Waals surface area contributed by atoms with Crippen LogP contribution in [0.25, 0.3) is 0 Å². The topological polar surface area (TPSA) is 35.8 Å². The molecule has 0 aliphatic heterocycles. The summed E-state index contributed by atoms with van der Waals surface area (Å²) < 4.78 is 0. The average molecular weight is 110 g/mol. The predicted molar refractivity (Wildman–Crippen MR) is 31.0 cm³/mol. The molecule has 2 nitrogen and oxygen atoms in total. The fourth-order valence-corrected chi connectivity index (χ4v) is 0.739. The van der Waals surface area contributed by atoms with Gasteiger partial charge in [-0.2, -0.15) is 5.26 Å². The maximum Gasteiger partial charge on any atom is 0.176 e. The molecule has 1 aliphatic carbocycles. The molecule has 2 heteroatoms. The van der Waals surface area contributed by atoms with Gasteiger partial charge in [-0.05, 0) is 12.3 Å². The smallest absolute Gasteiger partial charge is 0.176 e. The largest absolute Gasteiger partial charge is 0.324 e. The minimum atomic E-state index is 0.876. The highest BCUT2D eigenvalue weighted by molar-refractivity contribution is 4.75. The normalized spacial score (nSPS) is 17.4. The van der Waals surface area contributed by atoms with Gasteiger partial charge in [-0.15, -0.1) is 0 Å². The standard InChI is InChI=1S/C6H10N2/c7-5-8-4-3-6-1-2-6/h6,8H,1-4H2. The first-order valence-corrected chi connectivity index (χ1v) is 3.05. The molecule has 1 fully saturated rings. The van der Waals surface area contributed by atoms with E-state index in [1.54, 1.807) is 0 Å². The highest BCUT2D eigenvalue weighted by atomic mass is 14.8. The molecule has 8 heavy (non-hydrogen) atoms. The van der Waals surface area contributed by atoms with Crippen LogP contribution in [0.1, 0.15) is 19.3 Å². The molecule has 0 aromatic heterocycles. The molecular weight excluding hydrogens is 100 g/mol. The van der Waals surface area contributed by atoms with Crippen molar-refractivity contribution in [3.8, 4) is 6.19 Å². The molecule has 0 saturated heterocycles. The van der Waals surface area contributed by atoms with Gasteiger partial charge in [-0.3, -0.25) is 0 Å². The fourth-order valence-electron chi connectivity index (χ4n) is 0.739. The Morgan fingerprint density at radius 1 is 1.62 bits per heavy atom. The number of nitriles is 1. The summed E-state index contributed by atoms with van der Waals surface area (Å²) in [5.74, 6) is 0.941. The van der Waals surface area contributed by atoms with E-state index in [1.165, 1.54) is 19.3 Å². The number of hydrogen-bond donors (Lipinski definition) is 1. The molecule has 1 N–H and O–H groups in total. The van der Waals surface area contributed by atoms with Gasteiger partial charge in [0.2, 0.25) is 0 Å². The van der Waals surface area contributed by atoms with Crippen LogP contribution in [0.5, 0.6) is 0 Å². The van der Waals surface area contributed by atoms with Crippen molar-refractivity contribution in [2.45, 2.75) is 19.3 Å². The Labute approximate surface area is 49.5 Å². The number of nitrogens with zero attached hydrogens (tertiary/aromatic N) is 1. The average Bonchev–Trinajstić information content (AvgIpc) is 2.51. The third-order valence-corrected chi connectivity index (χ3v) is 1.45. The van der Waals surface area contributed by atoms with Crippen LogP contribution in [0.15, 0.2) is 0 Å². The lowest BCUT2D eigenvalue weighted by atomic mass is 10.3. The maximum absolute atomic E-state index is 8.04. The SMILES string of the molecule is N#CNCCC1CC1. The van der Waals surface area contributed by atoms with Crippen molar-refractivity contribution in [1.82, 2.24) is 5.32 Å². The second kappa shape index (κ2) is 2.56. The van der Waals surface area contributed by atoms with Crippen molar-refractivity contribution >= 4 is 0 Å². The zero-order chi connectivity index (χ0) is 5.82. The zero-order valence-corrected chi connectivity index (χ0v) is 4.85. The van der Waals surface area contributed by atoms with Crippen LogP contribution in [0.3, 0.4) is 0 Å². The molecule has 0 heterocycles. The molecule has 1 saturated carbocycles. The quantitative estimate of drug-likeness (QED) is 0.332. The van der Waals surface area contributed by atoms with E-state index < -0.39 is 0 Å². The first kappa shape index (κ1) is 5.43. The molecule has 0 atom stereocenters. The Morgan fingerprint density at radius 2 is 2.38 bits per heavy atom. The third kappa shape index (κ3) is 1.83. The van der Waals surface area contributed by atoms with Crippen LogP contribution >= 0.6 is 0 Å². The molecular formula is C6H10N2. The second-order valence-electron chi connectivity index (χ2n) is 2.27. The highest BCUT2D eigenvalue weighted by Crippen LogP contribution is 2.31. The van der Waals surface area contributed by atoms with Crippen LogP contribution in [-0.2, 0) is 0 Å². The van der Waals surface area contributed by atoms with Crippen molar-refractivity contribution in [2.75, 3.05) is 6.54 Å². The summed E-state index contributed by atoms with van der Waals surface area (Å²) >= 11 is 0. The predicted octanol–water partition coefficient (Wildman–Crippen LogP) is 0.857. The summed E-state index contributed by atoms with van der Waals surface area (Å²) in [6.45, 7) is 0.876. The lowest BCUT2D eigenvalue weighted by molar-refractivity contribution is 0.690. The molecule has 1 rings (SSSR count). The van der Waals surface area contributed by atoms with Gasteiger partial charge in [0, 0.05) is 6.54 Å². The highest BCUT2D eigenvalue weighted by Gasteiger charge is 2.19. The first-order chi connectivity index (χ1) is 3.93. The van der Waals surface area contributed by atoms with Gasteiger partial charge in [-0.25, -0.2) is 0 Å². The number of nitrogens with one attached hydrogen (secondary N) is 1. The minimum Gasteiger partial charge on any atom is -0.324 e. The lowest BCUT2D eigenvalue weighted by Crippen LogP contribution is -2.06. The van der Waals surface area contributed by atoms with Gasteiger partial charge in [0.15, 0.2) is 6.19 Å². The molecule has 0 radical (unpaired) electrons. The van der Waals surface area contributed by atoms with Gasteiger partial charge in [-0.1, -0.05) is 12.8 Å². The van der Waals surface area contributed by atoms with E-state index in [1.807, 2.05) is 6.19 Å². The Morgan fingerprint density at radius 3 is 2.88 bits per heavy atom. The van der Waals surface area contributed by atoms with E-state index in [2.05, 4.69) is 5.32 Å². The van der Waals surface area contributed by atoms with Crippen molar-refractivity contribution in [3.05, 3.63) is 0 Å². The number of hydrogen-bond acceptors (Lipinski definition) is 2. The van der Waals surface area contributed by atoms with E-state index in [9.17, 15) is 0 Å². The van der Waals surface area contributed by atoms with Crippen LogP contribution < -0.4 is 5.32 Å². The van der Waals surface area contributed by atoms with Crippen molar-refractivity contribution in [3.63, 3.8) is 0 Å². The molecule has 0 amide bonds. The Hall–Kier alpha value is -0.710. The van der Waals surface area contributed by atoms with Gasteiger partial charge >= 0.3 is 0 Å². The van der Waals surface area contributed by atoms with Crippen LogP contribution in [0.4, 0.5) is 0 Å². The summed E-state index contributed by atoms with van der Waals surface area (Å²) in [7, 11) is 0. The van der Waals surface area contributed by atoms with E-state index >= 15 is 0 Å². The Kier molecular flexibility index (Phi) is 1.74. The minimum absolute atomic E-state index is 0.876. The molecule has 0 spiro atoms. The molecule has 0 bridgehead atoms. The zero-order valence-electron chi connectivity index (χ0n) is 4.85. The summed E-state index contributed by atoms with van der Waals surface area (Å²) in [5.41, 5.74) is 0. The lowest BCUT2D eigenvalue weighted by Gasteiger charge is -1.91. The van der Waals surface area contributed by atoms with Gasteiger partial charge in [0.25, 0.3) is 0 Å². The molecule has 44 valence electrons. The van der Waals surface area contributed by atoms with Crippen molar-refractivity contribution < 1.29 is 0 Å². The van der Waals surface area contributed by atoms with Gasteiger partial charge < -0.3 is 5.32 Å². The third-order valence-electron chi connectivity index (χ3n) is 1.45. The van der Waals surface area contributed by atoms with Crippen LogP contribution in [-0.4, -0.2) is 6.54 Å². The molecule has 0 unspecified atom stereocenters. The Balaban J connectivity index is 1.83. The first-order valence-electron chi connectivity index (χ1n) is 3.05. The molecule has 1 aliphatic rings.